The zero-order valence-electron chi connectivity index (χ0n) is 18.7. The van der Waals surface area contributed by atoms with Crippen LogP contribution < -0.4 is 0 Å². The summed E-state index contributed by atoms with van der Waals surface area (Å²) in [6, 6.07) is 0.904. The molecular weight excluding hydrogens is 326 g/mol. The summed E-state index contributed by atoms with van der Waals surface area (Å²) in [5, 5.41) is 0. The molecule has 9 atom stereocenters. The Morgan fingerprint density at radius 3 is 2.37 bits per heavy atom. The van der Waals surface area contributed by atoms with Crippen LogP contribution in [0.3, 0.4) is 0 Å². The van der Waals surface area contributed by atoms with Crippen molar-refractivity contribution in [3.63, 3.8) is 0 Å². The van der Waals surface area contributed by atoms with Crippen molar-refractivity contribution in [2.45, 2.75) is 104 Å². The fourth-order valence-corrected chi connectivity index (χ4v) is 9.64. The highest BCUT2D eigenvalue weighted by molar-refractivity contribution is 5.12. The van der Waals surface area contributed by atoms with E-state index in [0.29, 0.717) is 10.8 Å². The molecule has 5 fully saturated rings. The Kier molecular flexibility index (Phi) is 4.74. The van der Waals surface area contributed by atoms with E-state index in [1.54, 1.807) is 32.1 Å². The van der Waals surface area contributed by atoms with Crippen molar-refractivity contribution in [2.75, 3.05) is 13.1 Å². The molecule has 0 N–H and O–H groups in total. The number of hydrogen-bond donors (Lipinski definition) is 0. The van der Waals surface area contributed by atoms with Crippen LogP contribution in [0.4, 0.5) is 0 Å². The van der Waals surface area contributed by atoms with Gasteiger partial charge in [0.1, 0.15) is 0 Å². The van der Waals surface area contributed by atoms with E-state index in [1.165, 1.54) is 51.6 Å². The van der Waals surface area contributed by atoms with E-state index < -0.39 is 0 Å². The van der Waals surface area contributed by atoms with Crippen LogP contribution >= 0.6 is 0 Å². The zero-order chi connectivity index (χ0) is 18.8. The maximum absolute atomic E-state index is 2.91. The predicted octanol–water partition coefficient (Wildman–Crippen LogP) is 6.77. The molecule has 154 valence electrons. The van der Waals surface area contributed by atoms with E-state index in [9.17, 15) is 0 Å². The summed E-state index contributed by atoms with van der Waals surface area (Å²) in [6.45, 7) is 13.4. The summed E-state index contributed by atoms with van der Waals surface area (Å²) in [4.78, 5) is 2.91. The Morgan fingerprint density at radius 2 is 1.63 bits per heavy atom. The molecule has 1 heterocycles. The first-order valence-electron chi connectivity index (χ1n) is 12.7. The van der Waals surface area contributed by atoms with Crippen LogP contribution in [0.25, 0.3) is 0 Å². The number of likely N-dealkylation sites (tertiary alicyclic amines) is 1. The minimum atomic E-state index is 0.635. The zero-order valence-corrected chi connectivity index (χ0v) is 18.7. The van der Waals surface area contributed by atoms with Crippen LogP contribution in [-0.4, -0.2) is 24.0 Å². The van der Waals surface area contributed by atoms with E-state index in [2.05, 4.69) is 32.6 Å². The van der Waals surface area contributed by atoms with Crippen molar-refractivity contribution in [1.82, 2.24) is 4.90 Å². The van der Waals surface area contributed by atoms with Gasteiger partial charge in [0.05, 0.1) is 0 Å². The lowest BCUT2D eigenvalue weighted by Gasteiger charge is -2.61. The second kappa shape index (κ2) is 6.75. The van der Waals surface area contributed by atoms with Gasteiger partial charge in [-0.3, -0.25) is 0 Å². The highest BCUT2D eigenvalue weighted by Gasteiger charge is 2.61. The third-order valence-electron chi connectivity index (χ3n) is 11.5. The average Bonchev–Trinajstić information content (AvgIpc) is 3.28. The Bertz CT molecular complexity index is 550. The van der Waals surface area contributed by atoms with Crippen molar-refractivity contribution in [1.29, 1.82) is 0 Å². The molecule has 1 saturated heterocycles. The van der Waals surface area contributed by atoms with Crippen LogP contribution in [0.2, 0.25) is 0 Å². The Morgan fingerprint density at radius 1 is 0.889 bits per heavy atom. The van der Waals surface area contributed by atoms with E-state index in [4.69, 9.17) is 0 Å². The average molecular weight is 372 g/mol. The van der Waals surface area contributed by atoms with Gasteiger partial charge in [0, 0.05) is 6.04 Å². The second-order valence-electron chi connectivity index (χ2n) is 12.1. The van der Waals surface area contributed by atoms with Gasteiger partial charge in [-0.05, 0) is 117 Å². The summed E-state index contributed by atoms with van der Waals surface area (Å²) in [6.07, 6.45) is 16.7. The summed E-state index contributed by atoms with van der Waals surface area (Å²) in [5.41, 5.74) is 1.31. The van der Waals surface area contributed by atoms with Crippen molar-refractivity contribution in [3.8, 4) is 0 Å². The molecule has 4 saturated carbocycles. The van der Waals surface area contributed by atoms with Gasteiger partial charge in [0.25, 0.3) is 0 Å². The summed E-state index contributed by atoms with van der Waals surface area (Å²) >= 11 is 0. The Balaban J connectivity index is 1.41. The highest BCUT2D eigenvalue weighted by atomic mass is 15.2. The van der Waals surface area contributed by atoms with Gasteiger partial charge in [0.15, 0.2) is 0 Å². The highest BCUT2D eigenvalue weighted by Crippen LogP contribution is 2.68. The lowest BCUT2D eigenvalue weighted by atomic mass is 9.44. The fourth-order valence-electron chi connectivity index (χ4n) is 9.64. The summed E-state index contributed by atoms with van der Waals surface area (Å²) < 4.78 is 0. The van der Waals surface area contributed by atoms with Gasteiger partial charge >= 0.3 is 0 Å². The van der Waals surface area contributed by atoms with Crippen LogP contribution in [0.1, 0.15) is 98.3 Å². The molecule has 4 unspecified atom stereocenters. The predicted molar refractivity (Wildman–Crippen MR) is 115 cm³/mol. The first kappa shape index (κ1) is 19.0. The minimum absolute atomic E-state index is 0.635. The first-order chi connectivity index (χ1) is 13.0. The smallest absolute Gasteiger partial charge is 0.0129 e. The lowest BCUT2D eigenvalue weighted by Crippen LogP contribution is -2.53. The minimum Gasteiger partial charge on any atom is -0.300 e. The lowest BCUT2D eigenvalue weighted by molar-refractivity contribution is -0.119. The monoisotopic (exact) mass is 371 g/mol. The molecule has 27 heavy (non-hydrogen) atoms. The van der Waals surface area contributed by atoms with E-state index in [1.807, 2.05) is 0 Å². The Labute approximate surface area is 169 Å². The van der Waals surface area contributed by atoms with Crippen molar-refractivity contribution in [2.24, 2.45) is 46.3 Å². The largest absolute Gasteiger partial charge is 0.300 e. The standard InChI is InChI=1S/C26H45N/c1-5-19-8-9-20-10-11-21-22(26(20,4)17-19)12-13-25(3)18(2)24(16-23(21)25)27-14-6-7-15-27/h18-24H,5-17H2,1-4H3/t18-,19+,20?,21?,22?,23?,24-,25+,26-/m0/s1. The van der Waals surface area contributed by atoms with Crippen LogP contribution in [0, 0.1) is 46.3 Å². The molecule has 0 aromatic heterocycles. The van der Waals surface area contributed by atoms with Crippen LogP contribution in [0.15, 0.2) is 0 Å². The SMILES string of the molecule is CC[C@@H]1CCC2CCC3C(CC[C@@]4(C)C3C[C@H](N3CCCC3)[C@@H]4C)[C@@]2(C)C1. The van der Waals surface area contributed by atoms with Gasteiger partial charge in [-0.1, -0.05) is 40.5 Å². The number of fused-ring (bicyclic) bond motifs is 5. The summed E-state index contributed by atoms with van der Waals surface area (Å²) in [7, 11) is 0. The number of rotatable bonds is 2. The van der Waals surface area contributed by atoms with Crippen molar-refractivity contribution >= 4 is 0 Å². The fraction of sp³-hybridized carbons (Fsp3) is 1.00. The van der Waals surface area contributed by atoms with E-state index in [0.717, 1.165) is 41.5 Å². The molecule has 5 rings (SSSR count). The molecule has 1 heteroatoms. The third kappa shape index (κ3) is 2.72. The van der Waals surface area contributed by atoms with Gasteiger partial charge in [-0.2, -0.15) is 0 Å². The maximum Gasteiger partial charge on any atom is 0.0129 e. The molecule has 0 spiro atoms. The normalized spacial score (nSPS) is 55.8. The summed E-state index contributed by atoms with van der Waals surface area (Å²) in [5.74, 6) is 6.12. The first-order valence-corrected chi connectivity index (χ1v) is 12.7. The maximum atomic E-state index is 2.91. The van der Waals surface area contributed by atoms with E-state index in [-0.39, 0.29) is 0 Å². The quantitative estimate of drug-likeness (QED) is 0.518. The molecule has 1 nitrogen and oxygen atoms in total. The van der Waals surface area contributed by atoms with Gasteiger partial charge in [-0.25, -0.2) is 0 Å². The van der Waals surface area contributed by atoms with Crippen molar-refractivity contribution in [3.05, 3.63) is 0 Å². The second-order valence-corrected chi connectivity index (χ2v) is 12.1. The van der Waals surface area contributed by atoms with Gasteiger partial charge in [0.2, 0.25) is 0 Å². The molecule has 0 bridgehead atoms. The van der Waals surface area contributed by atoms with Gasteiger partial charge in [-0.15, -0.1) is 0 Å². The van der Waals surface area contributed by atoms with Crippen LogP contribution in [0.5, 0.6) is 0 Å². The van der Waals surface area contributed by atoms with Crippen molar-refractivity contribution < 1.29 is 0 Å². The molecule has 0 amide bonds. The molecule has 0 aromatic carbocycles. The molecule has 0 aromatic rings. The Hall–Kier alpha value is -0.0400. The van der Waals surface area contributed by atoms with Crippen LogP contribution in [-0.2, 0) is 0 Å². The molecule has 5 aliphatic rings. The molecule has 0 radical (unpaired) electrons. The molecule has 1 aliphatic heterocycles. The third-order valence-corrected chi connectivity index (χ3v) is 11.5. The van der Waals surface area contributed by atoms with Gasteiger partial charge < -0.3 is 4.90 Å². The molecule has 4 aliphatic carbocycles. The van der Waals surface area contributed by atoms with E-state index >= 15 is 0 Å². The molecular formula is C26H45N. The topological polar surface area (TPSA) is 3.24 Å². The number of hydrogen-bond acceptors (Lipinski definition) is 1. The number of nitrogens with zero attached hydrogens (tertiary/aromatic N) is 1.